The Bertz CT molecular complexity index is 1210. The van der Waals surface area contributed by atoms with Gasteiger partial charge in [0.15, 0.2) is 12.4 Å². The molecule has 318 valence electrons. The Balaban J connectivity index is 2.51. The molecule has 1 aliphatic rings. The van der Waals surface area contributed by atoms with Crippen LogP contribution in [0.4, 0.5) is 0 Å². The molecule has 1 aliphatic heterocycles. The van der Waals surface area contributed by atoms with Crippen molar-refractivity contribution in [3.63, 3.8) is 0 Å². The molecule has 0 bridgehead atoms. The highest BCUT2D eigenvalue weighted by atomic mass is 32.2. The minimum Gasteiger partial charge on any atom is -0.462 e. The molecule has 0 aromatic heterocycles. The van der Waals surface area contributed by atoms with E-state index in [1.807, 2.05) is 36.5 Å². The molecule has 13 heteroatoms. The zero-order valence-corrected chi connectivity index (χ0v) is 34.3. The van der Waals surface area contributed by atoms with Crippen LogP contribution in [0.25, 0.3) is 0 Å². The van der Waals surface area contributed by atoms with Gasteiger partial charge in [0, 0.05) is 12.8 Å². The van der Waals surface area contributed by atoms with E-state index in [9.17, 15) is 37.9 Å². The Labute approximate surface area is 331 Å². The lowest BCUT2D eigenvalue weighted by atomic mass is 10.00. The molecule has 0 aromatic carbocycles. The lowest BCUT2D eigenvalue weighted by molar-refractivity contribution is -0.297. The molecule has 0 spiro atoms. The summed E-state index contributed by atoms with van der Waals surface area (Å²) in [5, 5.41) is 30.8. The maximum atomic E-state index is 12.7. The Morgan fingerprint density at radius 3 is 1.71 bits per heavy atom. The SMILES string of the molecule is CC/C=C/C=C/C=C/C=C/CCCCCCCC(=O)OC[C@H](CO[C@H]1O[C@H](CS(=O)(=O)O)[C@@H](O)C(O)C1O)OC(=O)CCCCCCCCCCCCCC. The number of carbonyl (C=O) groups is 2. The number of aliphatic hydroxyl groups is 3. The minimum absolute atomic E-state index is 0.159. The molecule has 0 amide bonds. The zero-order valence-electron chi connectivity index (χ0n) is 33.5. The first kappa shape index (κ1) is 50.6. The number of esters is 2. The van der Waals surface area contributed by atoms with Crippen LogP contribution >= 0.6 is 0 Å². The second kappa shape index (κ2) is 32.7. The number of carbonyl (C=O) groups excluding carboxylic acids is 2. The Morgan fingerprint density at radius 2 is 1.15 bits per heavy atom. The topological polar surface area (TPSA) is 186 Å². The average Bonchev–Trinajstić information content (AvgIpc) is 3.14. The van der Waals surface area contributed by atoms with Crippen LogP contribution in [0.15, 0.2) is 48.6 Å². The van der Waals surface area contributed by atoms with Crippen molar-refractivity contribution in [2.45, 2.75) is 185 Å². The number of hydrogen-bond donors (Lipinski definition) is 4. The molecular formula is C42H72O12S. The molecule has 1 rings (SSSR count). The summed E-state index contributed by atoms with van der Waals surface area (Å²) in [5.41, 5.74) is 0. The third-order valence-electron chi connectivity index (χ3n) is 9.27. The summed E-state index contributed by atoms with van der Waals surface area (Å²) >= 11 is 0. The van der Waals surface area contributed by atoms with Crippen LogP contribution in [0, 0.1) is 0 Å². The Kier molecular flexibility index (Phi) is 30.1. The fourth-order valence-corrected chi connectivity index (χ4v) is 6.73. The fourth-order valence-electron chi connectivity index (χ4n) is 6.04. The first-order valence-corrected chi connectivity index (χ1v) is 22.4. The van der Waals surface area contributed by atoms with E-state index in [1.165, 1.54) is 51.4 Å². The van der Waals surface area contributed by atoms with Crippen molar-refractivity contribution in [2.24, 2.45) is 0 Å². The van der Waals surface area contributed by atoms with Crippen molar-refractivity contribution >= 4 is 22.1 Å². The largest absolute Gasteiger partial charge is 0.462 e. The van der Waals surface area contributed by atoms with Gasteiger partial charge in [-0.05, 0) is 32.1 Å². The van der Waals surface area contributed by atoms with Crippen LogP contribution in [0.3, 0.4) is 0 Å². The molecule has 0 radical (unpaired) electrons. The average molecular weight is 801 g/mol. The summed E-state index contributed by atoms with van der Waals surface area (Å²) in [5.74, 6) is -2.02. The van der Waals surface area contributed by atoms with E-state index < -0.39 is 71.2 Å². The predicted molar refractivity (Wildman–Crippen MR) is 215 cm³/mol. The normalized spacial score (nSPS) is 21.3. The molecular weight excluding hydrogens is 729 g/mol. The highest BCUT2D eigenvalue weighted by molar-refractivity contribution is 7.85. The van der Waals surface area contributed by atoms with E-state index in [-0.39, 0.29) is 19.4 Å². The lowest BCUT2D eigenvalue weighted by Gasteiger charge is -2.40. The van der Waals surface area contributed by atoms with Gasteiger partial charge in [0.05, 0.1) is 6.61 Å². The summed E-state index contributed by atoms with van der Waals surface area (Å²) in [4.78, 5) is 25.3. The van der Waals surface area contributed by atoms with E-state index in [2.05, 4.69) is 26.0 Å². The third kappa shape index (κ3) is 27.8. The second-order valence-electron chi connectivity index (χ2n) is 14.4. The van der Waals surface area contributed by atoms with Crippen molar-refractivity contribution < 1.29 is 56.8 Å². The van der Waals surface area contributed by atoms with Crippen LogP contribution in [0.1, 0.15) is 149 Å². The van der Waals surface area contributed by atoms with Gasteiger partial charge in [0.1, 0.15) is 36.8 Å². The van der Waals surface area contributed by atoms with E-state index in [4.69, 9.17) is 18.9 Å². The van der Waals surface area contributed by atoms with Crippen molar-refractivity contribution in [1.82, 2.24) is 0 Å². The number of ether oxygens (including phenoxy) is 4. The number of allylic oxidation sites excluding steroid dienone is 8. The molecule has 55 heavy (non-hydrogen) atoms. The van der Waals surface area contributed by atoms with Gasteiger partial charge in [-0.1, -0.05) is 152 Å². The number of hydrogen-bond acceptors (Lipinski definition) is 11. The van der Waals surface area contributed by atoms with Gasteiger partial charge in [-0.15, -0.1) is 0 Å². The van der Waals surface area contributed by atoms with Crippen LogP contribution in [0.5, 0.6) is 0 Å². The van der Waals surface area contributed by atoms with Gasteiger partial charge in [0.25, 0.3) is 10.1 Å². The van der Waals surface area contributed by atoms with Crippen molar-refractivity contribution in [1.29, 1.82) is 0 Å². The molecule has 0 aromatic rings. The monoisotopic (exact) mass is 800 g/mol. The minimum atomic E-state index is -4.60. The van der Waals surface area contributed by atoms with Gasteiger partial charge in [0.2, 0.25) is 0 Å². The Morgan fingerprint density at radius 1 is 0.636 bits per heavy atom. The van der Waals surface area contributed by atoms with E-state index >= 15 is 0 Å². The molecule has 6 atom stereocenters. The zero-order chi connectivity index (χ0) is 40.6. The van der Waals surface area contributed by atoms with Gasteiger partial charge in [-0.25, -0.2) is 0 Å². The highest BCUT2D eigenvalue weighted by Crippen LogP contribution is 2.24. The summed E-state index contributed by atoms with van der Waals surface area (Å²) in [6.45, 7) is 3.57. The first-order chi connectivity index (χ1) is 26.5. The summed E-state index contributed by atoms with van der Waals surface area (Å²) in [6, 6.07) is 0. The summed E-state index contributed by atoms with van der Waals surface area (Å²) in [6.07, 6.45) is 27.3. The second-order valence-corrected chi connectivity index (χ2v) is 15.9. The number of unbranched alkanes of at least 4 members (excludes halogenated alkanes) is 16. The molecule has 12 nitrogen and oxygen atoms in total. The van der Waals surface area contributed by atoms with Crippen LogP contribution in [-0.2, 0) is 38.7 Å². The van der Waals surface area contributed by atoms with Crippen LogP contribution in [-0.4, -0.2) is 96.0 Å². The van der Waals surface area contributed by atoms with Crippen LogP contribution in [0.2, 0.25) is 0 Å². The summed E-state index contributed by atoms with van der Waals surface area (Å²) in [7, 11) is -4.60. The predicted octanol–water partition coefficient (Wildman–Crippen LogP) is 7.61. The quantitative estimate of drug-likeness (QED) is 0.0221. The van der Waals surface area contributed by atoms with Gasteiger partial charge >= 0.3 is 11.9 Å². The molecule has 1 fully saturated rings. The van der Waals surface area contributed by atoms with Gasteiger partial charge < -0.3 is 34.3 Å². The first-order valence-electron chi connectivity index (χ1n) is 20.7. The van der Waals surface area contributed by atoms with Crippen molar-refractivity contribution in [3.05, 3.63) is 48.6 Å². The molecule has 1 saturated heterocycles. The molecule has 0 aliphatic carbocycles. The van der Waals surface area contributed by atoms with E-state index in [0.29, 0.717) is 12.8 Å². The Hall–Kier alpha value is -2.39. The lowest BCUT2D eigenvalue weighted by Crippen LogP contribution is -2.60. The maximum absolute atomic E-state index is 12.7. The number of aliphatic hydroxyl groups excluding tert-OH is 3. The number of rotatable bonds is 33. The third-order valence-corrected chi connectivity index (χ3v) is 10.0. The summed E-state index contributed by atoms with van der Waals surface area (Å²) < 4.78 is 53.9. The van der Waals surface area contributed by atoms with Gasteiger partial charge in [-0.2, -0.15) is 8.42 Å². The molecule has 4 N–H and O–H groups in total. The van der Waals surface area contributed by atoms with Gasteiger partial charge in [-0.3, -0.25) is 14.1 Å². The molecule has 1 heterocycles. The highest BCUT2D eigenvalue weighted by Gasteiger charge is 2.46. The smallest absolute Gasteiger partial charge is 0.306 e. The van der Waals surface area contributed by atoms with E-state index in [0.717, 1.165) is 57.8 Å². The standard InChI is InChI=1S/C42H72O12S/c1-3-5-7-9-11-13-15-17-18-19-21-22-24-26-28-30-37(43)51-32-35(33-52-42-41(47)40(46)39(45)36(54-42)34-55(48,49)50)53-38(44)31-29-27-25-23-20-16-14-12-10-8-6-4-2/h5,7,9,11,13,15,17-18,35-36,39-42,45-47H,3-4,6,8,10,12,14,16,19-34H2,1-2H3,(H,48,49,50)/b7-5+,11-9+,15-13+,18-17+/t35-,36-,39-,40?,41?,42+/m1/s1. The fraction of sp³-hybridized carbons (Fsp3) is 0.762. The molecule has 2 unspecified atom stereocenters. The maximum Gasteiger partial charge on any atom is 0.306 e. The molecule has 0 saturated carbocycles. The van der Waals surface area contributed by atoms with E-state index in [1.54, 1.807) is 0 Å². The van der Waals surface area contributed by atoms with Crippen LogP contribution < -0.4 is 0 Å². The van der Waals surface area contributed by atoms with Crippen molar-refractivity contribution in [2.75, 3.05) is 19.0 Å². The van der Waals surface area contributed by atoms with Crippen molar-refractivity contribution in [3.8, 4) is 0 Å².